The predicted molar refractivity (Wildman–Crippen MR) is 80.4 cm³/mol. The van der Waals surface area contributed by atoms with E-state index in [0.717, 1.165) is 27.5 Å². The van der Waals surface area contributed by atoms with Crippen molar-refractivity contribution in [1.82, 2.24) is 0 Å². The van der Waals surface area contributed by atoms with Crippen LogP contribution < -0.4 is 0 Å². The van der Waals surface area contributed by atoms with Crippen molar-refractivity contribution in [2.24, 2.45) is 0 Å². The Balaban J connectivity index is 2.22. The van der Waals surface area contributed by atoms with Crippen LogP contribution in [0.15, 0.2) is 54.6 Å². The van der Waals surface area contributed by atoms with Gasteiger partial charge in [-0.05, 0) is 46.5 Å². The van der Waals surface area contributed by atoms with Gasteiger partial charge < -0.3 is 5.11 Å². The Morgan fingerprint density at radius 2 is 1.80 bits per heavy atom. The lowest BCUT2D eigenvalue weighted by atomic mass is 9.97. The molecule has 0 bridgehead atoms. The lowest BCUT2D eigenvalue weighted by molar-refractivity contribution is 0.477. The van der Waals surface area contributed by atoms with E-state index in [1.165, 1.54) is 6.07 Å². The van der Waals surface area contributed by atoms with E-state index in [9.17, 15) is 9.50 Å². The van der Waals surface area contributed by atoms with Crippen LogP contribution >= 0.6 is 0 Å². The Hall–Kier alpha value is -2.35. The first-order valence-electron chi connectivity index (χ1n) is 6.70. The number of fused-ring (bicyclic) bond motifs is 1. The van der Waals surface area contributed by atoms with Gasteiger partial charge in [0.1, 0.15) is 11.6 Å². The number of hydrogen-bond donors (Lipinski definition) is 1. The third kappa shape index (κ3) is 2.03. The fourth-order valence-corrected chi connectivity index (χ4v) is 2.61. The minimum Gasteiger partial charge on any atom is -0.507 e. The minimum atomic E-state index is -0.157. The molecule has 0 spiro atoms. The van der Waals surface area contributed by atoms with Crippen molar-refractivity contribution in [2.45, 2.75) is 13.3 Å². The molecule has 1 nitrogen and oxygen atoms in total. The Labute approximate surface area is 117 Å². The monoisotopic (exact) mass is 266 g/mol. The van der Waals surface area contributed by atoms with Gasteiger partial charge in [-0.3, -0.25) is 0 Å². The summed E-state index contributed by atoms with van der Waals surface area (Å²) in [6.07, 6.45) is 0.666. The molecule has 3 rings (SSSR count). The molecule has 0 fully saturated rings. The van der Waals surface area contributed by atoms with Crippen molar-refractivity contribution < 1.29 is 9.50 Å². The van der Waals surface area contributed by atoms with Crippen molar-refractivity contribution in [3.8, 4) is 16.9 Å². The second-order valence-electron chi connectivity index (χ2n) is 4.83. The molecule has 2 heteroatoms. The first-order chi connectivity index (χ1) is 9.70. The topological polar surface area (TPSA) is 20.2 Å². The van der Waals surface area contributed by atoms with Gasteiger partial charge in [0.05, 0.1) is 0 Å². The Kier molecular flexibility index (Phi) is 3.15. The minimum absolute atomic E-state index is 0.157. The number of benzene rings is 3. The van der Waals surface area contributed by atoms with Crippen LogP contribution in [0.2, 0.25) is 0 Å². The van der Waals surface area contributed by atoms with Gasteiger partial charge in [0.2, 0.25) is 0 Å². The van der Waals surface area contributed by atoms with E-state index >= 15 is 0 Å². The summed E-state index contributed by atoms with van der Waals surface area (Å²) in [6.45, 7) is 1.95. The zero-order chi connectivity index (χ0) is 14.1. The normalized spacial score (nSPS) is 10.9. The average molecular weight is 266 g/mol. The number of aromatic hydroxyl groups is 1. The predicted octanol–water partition coefficient (Wildman–Crippen LogP) is 4.91. The van der Waals surface area contributed by atoms with Crippen molar-refractivity contribution in [2.75, 3.05) is 0 Å². The zero-order valence-electron chi connectivity index (χ0n) is 11.2. The maximum atomic E-state index is 13.8. The lowest BCUT2D eigenvalue weighted by Crippen LogP contribution is -1.90. The molecule has 0 aliphatic heterocycles. The SMILES string of the molecule is CCc1c(F)ccc2cc(-c3ccccc3O)ccc12. The molecule has 0 aromatic heterocycles. The molecule has 20 heavy (non-hydrogen) atoms. The third-order valence-electron chi connectivity index (χ3n) is 3.64. The molecule has 0 aliphatic carbocycles. The lowest BCUT2D eigenvalue weighted by Gasteiger charge is -2.09. The maximum absolute atomic E-state index is 13.8. The highest BCUT2D eigenvalue weighted by Crippen LogP contribution is 2.32. The molecule has 0 aliphatic rings. The van der Waals surface area contributed by atoms with Crippen molar-refractivity contribution in [1.29, 1.82) is 0 Å². The fourth-order valence-electron chi connectivity index (χ4n) is 2.61. The number of para-hydroxylation sites is 1. The highest BCUT2D eigenvalue weighted by Gasteiger charge is 2.08. The molecule has 1 N–H and O–H groups in total. The van der Waals surface area contributed by atoms with E-state index in [-0.39, 0.29) is 11.6 Å². The third-order valence-corrected chi connectivity index (χ3v) is 3.64. The highest BCUT2D eigenvalue weighted by molar-refractivity contribution is 5.90. The van der Waals surface area contributed by atoms with E-state index in [1.807, 2.05) is 37.3 Å². The molecular formula is C18H15FO. The van der Waals surface area contributed by atoms with Crippen LogP contribution in [0.5, 0.6) is 5.75 Å². The standard InChI is InChI=1S/C18H15FO/c1-2-14-15-9-7-13(11-12(15)8-10-17(14)19)16-5-3-4-6-18(16)20/h3-11,20H,2H2,1H3. The Morgan fingerprint density at radius 3 is 2.55 bits per heavy atom. The number of phenolic OH excluding ortho intramolecular Hbond substituents is 1. The molecule has 0 radical (unpaired) electrons. The molecule has 3 aromatic carbocycles. The molecule has 0 saturated heterocycles. The van der Waals surface area contributed by atoms with E-state index in [1.54, 1.807) is 18.2 Å². The summed E-state index contributed by atoms with van der Waals surface area (Å²) < 4.78 is 13.8. The van der Waals surface area contributed by atoms with Crippen LogP contribution in [-0.2, 0) is 6.42 Å². The van der Waals surface area contributed by atoms with Gasteiger partial charge in [0.25, 0.3) is 0 Å². The van der Waals surface area contributed by atoms with E-state index < -0.39 is 0 Å². The van der Waals surface area contributed by atoms with Crippen LogP contribution in [-0.4, -0.2) is 5.11 Å². The average Bonchev–Trinajstić information content (AvgIpc) is 2.47. The number of rotatable bonds is 2. The number of aryl methyl sites for hydroxylation is 1. The van der Waals surface area contributed by atoms with Gasteiger partial charge in [-0.1, -0.05) is 43.3 Å². The Bertz CT molecular complexity index is 777. The summed E-state index contributed by atoms with van der Waals surface area (Å²) in [5.41, 5.74) is 2.47. The molecule has 0 heterocycles. The van der Waals surface area contributed by atoms with Crippen molar-refractivity contribution >= 4 is 10.8 Å². The zero-order valence-corrected chi connectivity index (χ0v) is 11.2. The van der Waals surface area contributed by atoms with E-state index in [2.05, 4.69) is 0 Å². The summed E-state index contributed by atoms with van der Waals surface area (Å²) in [5.74, 6) is 0.0972. The van der Waals surface area contributed by atoms with Gasteiger partial charge in [-0.15, -0.1) is 0 Å². The largest absolute Gasteiger partial charge is 0.507 e. The van der Waals surface area contributed by atoms with Gasteiger partial charge in [-0.25, -0.2) is 4.39 Å². The summed E-state index contributed by atoms with van der Waals surface area (Å²) in [6, 6.07) is 16.4. The van der Waals surface area contributed by atoms with Gasteiger partial charge in [0, 0.05) is 5.56 Å². The van der Waals surface area contributed by atoms with Gasteiger partial charge in [-0.2, -0.15) is 0 Å². The first kappa shape index (κ1) is 12.7. The Morgan fingerprint density at radius 1 is 1.00 bits per heavy atom. The number of hydrogen-bond acceptors (Lipinski definition) is 1. The molecule has 0 unspecified atom stereocenters. The van der Waals surface area contributed by atoms with Crippen LogP contribution in [0.4, 0.5) is 4.39 Å². The summed E-state index contributed by atoms with van der Waals surface area (Å²) in [4.78, 5) is 0. The smallest absolute Gasteiger partial charge is 0.127 e. The fraction of sp³-hybridized carbons (Fsp3) is 0.111. The van der Waals surface area contributed by atoms with Crippen LogP contribution in [0.25, 0.3) is 21.9 Å². The number of phenols is 1. The summed E-state index contributed by atoms with van der Waals surface area (Å²) >= 11 is 0. The second kappa shape index (κ2) is 4.97. The van der Waals surface area contributed by atoms with Crippen molar-refractivity contribution in [3.05, 3.63) is 66.0 Å². The van der Waals surface area contributed by atoms with Crippen molar-refractivity contribution in [3.63, 3.8) is 0 Å². The molecule has 3 aromatic rings. The molecule has 0 atom stereocenters. The quantitative estimate of drug-likeness (QED) is 0.698. The van der Waals surface area contributed by atoms with Crippen LogP contribution in [0.3, 0.4) is 0 Å². The highest BCUT2D eigenvalue weighted by atomic mass is 19.1. The van der Waals surface area contributed by atoms with Crippen LogP contribution in [0, 0.1) is 5.82 Å². The molecule has 0 saturated carbocycles. The van der Waals surface area contributed by atoms with Crippen LogP contribution in [0.1, 0.15) is 12.5 Å². The molecular weight excluding hydrogens is 251 g/mol. The van der Waals surface area contributed by atoms with Gasteiger partial charge in [0.15, 0.2) is 0 Å². The van der Waals surface area contributed by atoms with Gasteiger partial charge >= 0.3 is 0 Å². The van der Waals surface area contributed by atoms with E-state index in [4.69, 9.17) is 0 Å². The second-order valence-corrected chi connectivity index (χ2v) is 4.83. The number of halogens is 1. The molecule has 100 valence electrons. The first-order valence-corrected chi connectivity index (χ1v) is 6.70. The summed E-state index contributed by atoms with van der Waals surface area (Å²) in [7, 11) is 0. The summed E-state index contributed by atoms with van der Waals surface area (Å²) in [5, 5.41) is 11.8. The molecule has 0 amide bonds. The maximum Gasteiger partial charge on any atom is 0.127 e. The van der Waals surface area contributed by atoms with E-state index in [0.29, 0.717) is 6.42 Å².